The molecule has 1 amide bonds. The maximum atomic E-state index is 13.2. The lowest BCUT2D eigenvalue weighted by molar-refractivity contribution is -0.131. The highest BCUT2D eigenvalue weighted by Crippen LogP contribution is 2.25. The van der Waals surface area contributed by atoms with Crippen molar-refractivity contribution in [3.8, 4) is 0 Å². The number of pyridine rings is 1. The van der Waals surface area contributed by atoms with E-state index in [1.807, 2.05) is 0 Å². The van der Waals surface area contributed by atoms with Crippen LogP contribution in [0.4, 0.5) is 4.39 Å². The molecule has 0 aliphatic carbocycles. The normalized spacial score (nSPS) is 14.0. The van der Waals surface area contributed by atoms with E-state index in [1.54, 1.807) is 23.4 Å². The second kappa shape index (κ2) is 5.87. The fourth-order valence-electron chi connectivity index (χ4n) is 3.10. The van der Waals surface area contributed by atoms with Gasteiger partial charge in [0.05, 0.1) is 17.6 Å². The zero-order chi connectivity index (χ0) is 16.7. The SMILES string of the molecule is O=C(Cc1ccc(F)c(Cl)c1)N1CCc2c(cnc3[nH]ncc23)C1. The van der Waals surface area contributed by atoms with Gasteiger partial charge in [-0.2, -0.15) is 5.10 Å². The molecule has 7 heteroatoms. The molecule has 3 aromatic rings. The minimum atomic E-state index is -0.477. The van der Waals surface area contributed by atoms with Gasteiger partial charge >= 0.3 is 0 Å². The predicted molar refractivity (Wildman–Crippen MR) is 88.1 cm³/mol. The standard InChI is InChI=1S/C17H14ClFN4O/c18-14-5-10(1-2-15(14)19)6-16(24)23-4-3-12-11(9-23)7-20-17-13(12)8-21-22-17/h1-2,5,7-8H,3-4,6,9H2,(H,20,21,22). The van der Waals surface area contributed by atoms with E-state index >= 15 is 0 Å². The van der Waals surface area contributed by atoms with Crippen molar-refractivity contribution in [1.29, 1.82) is 0 Å². The Hall–Kier alpha value is -2.47. The second-order valence-corrected chi connectivity index (χ2v) is 6.29. The Morgan fingerprint density at radius 2 is 2.25 bits per heavy atom. The van der Waals surface area contributed by atoms with Crippen molar-refractivity contribution in [3.05, 3.63) is 58.1 Å². The van der Waals surface area contributed by atoms with Crippen molar-refractivity contribution in [1.82, 2.24) is 20.1 Å². The van der Waals surface area contributed by atoms with Gasteiger partial charge in [-0.05, 0) is 35.2 Å². The van der Waals surface area contributed by atoms with E-state index in [2.05, 4.69) is 15.2 Å². The topological polar surface area (TPSA) is 61.9 Å². The summed E-state index contributed by atoms with van der Waals surface area (Å²) in [5.74, 6) is -0.481. The minimum Gasteiger partial charge on any atom is -0.338 e. The molecule has 0 fully saturated rings. The summed E-state index contributed by atoms with van der Waals surface area (Å²) in [6.45, 7) is 1.17. The molecule has 0 saturated carbocycles. The van der Waals surface area contributed by atoms with Gasteiger partial charge in [0.2, 0.25) is 5.91 Å². The summed E-state index contributed by atoms with van der Waals surface area (Å²) >= 11 is 5.78. The van der Waals surface area contributed by atoms with Gasteiger partial charge in [0.1, 0.15) is 5.82 Å². The van der Waals surface area contributed by atoms with Gasteiger partial charge in [-0.3, -0.25) is 9.89 Å². The van der Waals surface area contributed by atoms with Gasteiger partial charge in [0.15, 0.2) is 5.65 Å². The Morgan fingerprint density at radius 3 is 3.08 bits per heavy atom. The smallest absolute Gasteiger partial charge is 0.227 e. The molecule has 1 N–H and O–H groups in total. The fraction of sp³-hybridized carbons (Fsp3) is 0.235. The Kier molecular flexibility index (Phi) is 3.69. The summed E-state index contributed by atoms with van der Waals surface area (Å²) in [6.07, 6.45) is 4.55. The molecule has 3 heterocycles. The van der Waals surface area contributed by atoms with Crippen LogP contribution in [0.5, 0.6) is 0 Å². The van der Waals surface area contributed by atoms with Crippen LogP contribution in [0.2, 0.25) is 5.02 Å². The molecule has 1 aliphatic rings. The zero-order valence-corrected chi connectivity index (χ0v) is 13.5. The van der Waals surface area contributed by atoms with Gasteiger partial charge in [0.25, 0.3) is 0 Å². The summed E-state index contributed by atoms with van der Waals surface area (Å²) in [6, 6.07) is 4.38. The van der Waals surface area contributed by atoms with E-state index in [1.165, 1.54) is 17.7 Å². The number of carbonyl (C=O) groups is 1. The lowest BCUT2D eigenvalue weighted by atomic mass is 9.98. The van der Waals surface area contributed by atoms with E-state index in [0.29, 0.717) is 18.7 Å². The van der Waals surface area contributed by atoms with Crippen molar-refractivity contribution in [2.24, 2.45) is 0 Å². The first-order valence-corrected chi connectivity index (χ1v) is 8.01. The number of carbonyl (C=O) groups excluding carboxylic acids is 1. The largest absolute Gasteiger partial charge is 0.338 e. The molecular weight excluding hydrogens is 331 g/mol. The molecule has 0 saturated heterocycles. The van der Waals surface area contributed by atoms with Crippen LogP contribution >= 0.6 is 11.6 Å². The maximum Gasteiger partial charge on any atom is 0.227 e. The number of aromatic amines is 1. The zero-order valence-electron chi connectivity index (χ0n) is 12.7. The number of hydrogen-bond donors (Lipinski definition) is 1. The van der Waals surface area contributed by atoms with Crippen LogP contribution in [-0.4, -0.2) is 32.5 Å². The number of hydrogen-bond acceptors (Lipinski definition) is 3. The molecule has 0 atom stereocenters. The summed E-state index contributed by atoms with van der Waals surface area (Å²) in [5.41, 5.74) is 3.72. The van der Waals surface area contributed by atoms with Gasteiger partial charge in [-0.15, -0.1) is 0 Å². The number of H-pyrrole nitrogens is 1. The fourth-order valence-corrected chi connectivity index (χ4v) is 3.31. The number of nitrogens with one attached hydrogen (secondary N) is 1. The van der Waals surface area contributed by atoms with Crippen molar-refractivity contribution in [2.75, 3.05) is 6.54 Å². The van der Waals surface area contributed by atoms with Gasteiger partial charge in [0, 0.05) is 24.7 Å². The summed E-state index contributed by atoms with van der Waals surface area (Å²) < 4.78 is 13.2. The molecule has 0 radical (unpaired) electrons. The third-order valence-electron chi connectivity index (χ3n) is 4.37. The monoisotopic (exact) mass is 344 g/mol. The summed E-state index contributed by atoms with van der Waals surface area (Å²) in [4.78, 5) is 18.7. The number of rotatable bonds is 2. The number of aromatic nitrogens is 3. The van der Waals surface area contributed by atoms with Crippen LogP contribution in [-0.2, 0) is 24.2 Å². The second-order valence-electron chi connectivity index (χ2n) is 5.88. The molecule has 1 aromatic carbocycles. The molecule has 0 unspecified atom stereocenters. The third-order valence-corrected chi connectivity index (χ3v) is 4.66. The maximum absolute atomic E-state index is 13.2. The van der Waals surface area contributed by atoms with Crippen molar-refractivity contribution in [3.63, 3.8) is 0 Å². The number of fused-ring (bicyclic) bond motifs is 3. The summed E-state index contributed by atoms with van der Waals surface area (Å²) in [7, 11) is 0. The van der Waals surface area contributed by atoms with E-state index in [9.17, 15) is 9.18 Å². The molecule has 24 heavy (non-hydrogen) atoms. The van der Waals surface area contributed by atoms with Crippen LogP contribution in [0.1, 0.15) is 16.7 Å². The molecule has 5 nitrogen and oxygen atoms in total. The Morgan fingerprint density at radius 1 is 1.38 bits per heavy atom. The predicted octanol–water partition coefficient (Wildman–Crippen LogP) is 2.88. The minimum absolute atomic E-state index is 0.00406. The van der Waals surface area contributed by atoms with Crippen LogP contribution < -0.4 is 0 Å². The first-order valence-electron chi connectivity index (χ1n) is 7.63. The molecule has 0 bridgehead atoms. The van der Waals surface area contributed by atoms with Gasteiger partial charge in [-0.25, -0.2) is 9.37 Å². The average molecular weight is 345 g/mol. The van der Waals surface area contributed by atoms with Crippen molar-refractivity contribution >= 4 is 28.5 Å². The average Bonchev–Trinajstić information content (AvgIpc) is 3.06. The van der Waals surface area contributed by atoms with Crippen LogP contribution in [0.3, 0.4) is 0 Å². The number of halogens is 2. The van der Waals surface area contributed by atoms with E-state index in [-0.39, 0.29) is 17.4 Å². The summed E-state index contributed by atoms with van der Waals surface area (Å²) in [5, 5.41) is 7.94. The number of amides is 1. The van der Waals surface area contributed by atoms with Crippen LogP contribution in [0.15, 0.2) is 30.6 Å². The lowest BCUT2D eigenvalue weighted by Gasteiger charge is -2.29. The van der Waals surface area contributed by atoms with Crippen LogP contribution in [0, 0.1) is 5.82 Å². The van der Waals surface area contributed by atoms with Gasteiger partial charge in [-0.1, -0.05) is 17.7 Å². The highest BCUT2D eigenvalue weighted by atomic mass is 35.5. The van der Waals surface area contributed by atoms with E-state index < -0.39 is 5.82 Å². The van der Waals surface area contributed by atoms with Gasteiger partial charge < -0.3 is 4.90 Å². The molecule has 4 rings (SSSR count). The lowest BCUT2D eigenvalue weighted by Crippen LogP contribution is -2.37. The Balaban J connectivity index is 1.53. The molecule has 2 aromatic heterocycles. The molecular formula is C17H14ClFN4O. The van der Waals surface area contributed by atoms with E-state index in [0.717, 1.165) is 23.0 Å². The molecule has 122 valence electrons. The molecule has 0 spiro atoms. The highest BCUT2D eigenvalue weighted by molar-refractivity contribution is 6.30. The third kappa shape index (κ3) is 2.63. The highest BCUT2D eigenvalue weighted by Gasteiger charge is 2.23. The van der Waals surface area contributed by atoms with E-state index in [4.69, 9.17) is 11.6 Å². The quantitative estimate of drug-likeness (QED) is 0.777. The van der Waals surface area contributed by atoms with Crippen molar-refractivity contribution in [2.45, 2.75) is 19.4 Å². The Labute approximate surface area is 142 Å². The number of nitrogens with zero attached hydrogens (tertiary/aromatic N) is 3. The first kappa shape index (κ1) is 15.1. The number of benzene rings is 1. The molecule has 1 aliphatic heterocycles. The van der Waals surface area contributed by atoms with Crippen molar-refractivity contribution < 1.29 is 9.18 Å². The first-order chi connectivity index (χ1) is 11.6. The Bertz CT molecular complexity index is 939. The van der Waals surface area contributed by atoms with Crippen LogP contribution in [0.25, 0.3) is 11.0 Å².